The highest BCUT2D eigenvalue weighted by Crippen LogP contribution is 2.28. The van der Waals surface area contributed by atoms with Crippen molar-refractivity contribution in [2.75, 3.05) is 40.2 Å². The molecule has 2 rings (SSSR count). The molecule has 1 atom stereocenters. The zero-order chi connectivity index (χ0) is 18.4. The summed E-state index contributed by atoms with van der Waals surface area (Å²) in [5, 5.41) is 7.29. The van der Waals surface area contributed by atoms with Crippen LogP contribution in [0.4, 0.5) is 5.69 Å². The van der Waals surface area contributed by atoms with Crippen molar-refractivity contribution in [2.24, 2.45) is 17.8 Å². The predicted octanol–water partition coefficient (Wildman–Crippen LogP) is 1.47. The second kappa shape index (κ2) is 8.39. The molecule has 1 unspecified atom stereocenters. The highest BCUT2D eigenvalue weighted by atomic mass is 16.5. The number of nitrogens with two attached hydrogens (primary N) is 1. The molecule has 0 radical (unpaired) electrons. The molecule has 0 amide bonds. The minimum atomic E-state index is 0.0845. The predicted molar refractivity (Wildman–Crippen MR) is 99.3 cm³/mol. The van der Waals surface area contributed by atoms with Crippen LogP contribution in [0, 0.1) is 0 Å². The van der Waals surface area contributed by atoms with E-state index in [1.54, 1.807) is 18.9 Å². The third-order valence-corrected chi connectivity index (χ3v) is 3.84. The molecule has 0 bridgehead atoms. The largest absolute Gasteiger partial charge is 0.497 e. The van der Waals surface area contributed by atoms with Gasteiger partial charge in [-0.25, -0.2) is 0 Å². The van der Waals surface area contributed by atoms with Gasteiger partial charge in [-0.2, -0.15) is 5.10 Å². The molecular formula is C17H26N6O2. The van der Waals surface area contributed by atoms with Crippen LogP contribution in [0.5, 0.6) is 11.5 Å². The monoisotopic (exact) mass is 346 g/mol. The summed E-state index contributed by atoms with van der Waals surface area (Å²) in [6.45, 7) is 0.504. The summed E-state index contributed by atoms with van der Waals surface area (Å²) in [6, 6.07) is 5.53. The lowest BCUT2D eigenvalue weighted by Gasteiger charge is -2.21. The molecule has 0 saturated heterocycles. The fraction of sp³-hybridized carbons (Fsp3) is 0.412. The quantitative estimate of drug-likeness (QED) is 0.583. The van der Waals surface area contributed by atoms with Crippen molar-refractivity contribution in [1.29, 1.82) is 0 Å². The van der Waals surface area contributed by atoms with Crippen molar-refractivity contribution in [3.05, 3.63) is 36.2 Å². The fourth-order valence-corrected chi connectivity index (χ4v) is 2.45. The Balaban J connectivity index is 2.12. The van der Waals surface area contributed by atoms with E-state index in [1.807, 2.05) is 51.7 Å². The number of aliphatic imine (C=N–C) groups is 1. The molecule has 0 spiro atoms. The molecule has 0 aliphatic carbocycles. The third-order valence-electron chi connectivity index (χ3n) is 3.84. The van der Waals surface area contributed by atoms with Gasteiger partial charge in [-0.3, -0.25) is 9.67 Å². The number of ether oxygens (including phenoxy) is 2. The Morgan fingerprint density at radius 2 is 2.12 bits per heavy atom. The van der Waals surface area contributed by atoms with Crippen molar-refractivity contribution >= 4 is 11.6 Å². The fourth-order valence-electron chi connectivity index (χ4n) is 2.45. The average Bonchev–Trinajstić information content (AvgIpc) is 3.00. The smallest absolute Gasteiger partial charge is 0.193 e. The number of aromatic nitrogens is 2. The van der Waals surface area contributed by atoms with Crippen molar-refractivity contribution in [3.8, 4) is 11.5 Å². The lowest BCUT2D eigenvalue weighted by Crippen LogP contribution is -2.27. The van der Waals surface area contributed by atoms with Crippen LogP contribution < -0.4 is 20.5 Å². The van der Waals surface area contributed by atoms with Gasteiger partial charge in [0.15, 0.2) is 5.96 Å². The van der Waals surface area contributed by atoms with Gasteiger partial charge >= 0.3 is 0 Å². The SMILES string of the molecule is COc1ccc(OC)c(NC(N)=NCC(c2cnn(C)c2)N(C)C)c1. The number of nitrogens with zero attached hydrogens (tertiary/aromatic N) is 4. The molecule has 136 valence electrons. The molecule has 0 fully saturated rings. The third kappa shape index (κ3) is 4.87. The van der Waals surface area contributed by atoms with Crippen molar-refractivity contribution in [1.82, 2.24) is 14.7 Å². The van der Waals surface area contributed by atoms with Crippen molar-refractivity contribution in [2.45, 2.75) is 6.04 Å². The van der Waals surface area contributed by atoms with E-state index in [0.717, 1.165) is 5.56 Å². The van der Waals surface area contributed by atoms with Crippen molar-refractivity contribution < 1.29 is 9.47 Å². The number of methoxy groups -OCH3 is 2. The first-order chi connectivity index (χ1) is 11.9. The van der Waals surface area contributed by atoms with Crippen LogP contribution in [0.1, 0.15) is 11.6 Å². The van der Waals surface area contributed by atoms with Gasteiger partial charge in [0.05, 0.1) is 38.7 Å². The summed E-state index contributed by atoms with van der Waals surface area (Å²) in [7, 11) is 9.11. The highest BCUT2D eigenvalue weighted by Gasteiger charge is 2.15. The molecule has 1 heterocycles. The van der Waals surface area contributed by atoms with E-state index in [1.165, 1.54) is 0 Å². The lowest BCUT2D eigenvalue weighted by atomic mass is 10.1. The molecule has 1 aromatic heterocycles. The summed E-state index contributed by atoms with van der Waals surface area (Å²) in [4.78, 5) is 6.55. The van der Waals surface area contributed by atoms with E-state index < -0.39 is 0 Å². The van der Waals surface area contributed by atoms with Crippen LogP contribution in [-0.2, 0) is 7.05 Å². The second-order valence-corrected chi connectivity index (χ2v) is 5.84. The summed E-state index contributed by atoms with van der Waals surface area (Å²) in [5.41, 5.74) is 7.84. The molecule has 8 heteroatoms. The standard InChI is InChI=1S/C17H26N6O2/c1-22(2)15(12-9-20-23(3)11-12)10-19-17(18)21-14-8-13(24-4)6-7-16(14)25-5/h6-9,11,15H,10H2,1-5H3,(H3,18,19,21). The van der Waals surface area contributed by atoms with Gasteiger partial charge in [-0.1, -0.05) is 0 Å². The van der Waals surface area contributed by atoms with E-state index in [2.05, 4.69) is 20.3 Å². The first-order valence-electron chi connectivity index (χ1n) is 7.88. The van der Waals surface area contributed by atoms with Crippen LogP contribution in [0.3, 0.4) is 0 Å². The molecule has 0 saturated carbocycles. The van der Waals surface area contributed by atoms with E-state index in [-0.39, 0.29) is 6.04 Å². The number of aryl methyl sites for hydroxylation is 1. The number of rotatable bonds is 7. The molecule has 2 aromatic rings. The maximum Gasteiger partial charge on any atom is 0.193 e. The number of nitrogens with one attached hydrogen (secondary N) is 1. The van der Waals surface area contributed by atoms with Crippen LogP contribution in [-0.4, -0.2) is 55.5 Å². The summed E-state index contributed by atoms with van der Waals surface area (Å²) < 4.78 is 12.3. The number of benzene rings is 1. The van der Waals surface area contributed by atoms with Gasteiger partial charge in [-0.15, -0.1) is 0 Å². The molecular weight excluding hydrogens is 320 g/mol. The number of likely N-dealkylation sites (N-methyl/N-ethyl adjacent to an activating group) is 1. The van der Waals surface area contributed by atoms with E-state index >= 15 is 0 Å². The molecule has 1 aromatic carbocycles. The Labute approximate surface area is 148 Å². The topological polar surface area (TPSA) is 89.9 Å². The minimum absolute atomic E-state index is 0.0845. The highest BCUT2D eigenvalue weighted by molar-refractivity contribution is 5.94. The molecule has 3 N–H and O–H groups in total. The van der Waals surface area contributed by atoms with Crippen LogP contribution in [0.25, 0.3) is 0 Å². The summed E-state index contributed by atoms with van der Waals surface area (Å²) >= 11 is 0. The average molecular weight is 346 g/mol. The summed E-state index contributed by atoms with van der Waals surface area (Å²) in [6.07, 6.45) is 3.82. The molecule has 8 nitrogen and oxygen atoms in total. The maximum atomic E-state index is 6.06. The van der Waals surface area contributed by atoms with Gasteiger partial charge in [0, 0.05) is 24.9 Å². The molecule has 0 aliphatic rings. The van der Waals surface area contributed by atoms with E-state index in [4.69, 9.17) is 15.2 Å². The van der Waals surface area contributed by atoms with Gasteiger partial charge < -0.3 is 25.4 Å². The van der Waals surface area contributed by atoms with Gasteiger partial charge in [-0.05, 0) is 26.2 Å². The molecule has 25 heavy (non-hydrogen) atoms. The Morgan fingerprint density at radius 3 is 2.68 bits per heavy atom. The van der Waals surface area contributed by atoms with Crippen LogP contribution >= 0.6 is 0 Å². The van der Waals surface area contributed by atoms with E-state index in [0.29, 0.717) is 29.7 Å². The lowest BCUT2D eigenvalue weighted by molar-refractivity contribution is 0.306. The Kier molecular flexibility index (Phi) is 6.24. The second-order valence-electron chi connectivity index (χ2n) is 5.84. The van der Waals surface area contributed by atoms with Crippen LogP contribution in [0.2, 0.25) is 0 Å². The van der Waals surface area contributed by atoms with Crippen molar-refractivity contribution in [3.63, 3.8) is 0 Å². The maximum absolute atomic E-state index is 6.06. The number of anilines is 1. The van der Waals surface area contributed by atoms with Gasteiger partial charge in [0.1, 0.15) is 11.5 Å². The van der Waals surface area contributed by atoms with E-state index in [9.17, 15) is 0 Å². The molecule has 0 aliphatic heterocycles. The normalized spacial score (nSPS) is 13.0. The van der Waals surface area contributed by atoms with Crippen LogP contribution in [0.15, 0.2) is 35.6 Å². The zero-order valence-electron chi connectivity index (χ0n) is 15.4. The summed E-state index contributed by atoms with van der Waals surface area (Å²) in [5.74, 6) is 1.68. The van der Waals surface area contributed by atoms with Gasteiger partial charge in [0.2, 0.25) is 0 Å². The first kappa shape index (κ1) is 18.6. The number of guanidine groups is 1. The Bertz CT molecular complexity index is 726. The Hall–Kier alpha value is -2.74. The number of hydrogen-bond donors (Lipinski definition) is 2. The first-order valence-corrected chi connectivity index (χ1v) is 7.88. The number of hydrogen-bond acceptors (Lipinski definition) is 5. The minimum Gasteiger partial charge on any atom is -0.497 e. The Morgan fingerprint density at radius 1 is 1.36 bits per heavy atom. The zero-order valence-corrected chi connectivity index (χ0v) is 15.4. The van der Waals surface area contributed by atoms with Gasteiger partial charge in [0.25, 0.3) is 0 Å².